The summed E-state index contributed by atoms with van der Waals surface area (Å²) in [5.74, 6) is 0.843. The van der Waals surface area contributed by atoms with Crippen LogP contribution in [0.2, 0.25) is 0 Å². The molecule has 0 spiro atoms. The Morgan fingerprint density at radius 1 is 1.36 bits per heavy atom. The Hall–Kier alpha value is -1.43. The van der Waals surface area contributed by atoms with Gasteiger partial charge >= 0.3 is 0 Å². The number of rotatable bonds is 7. The van der Waals surface area contributed by atoms with Crippen LogP contribution in [0.3, 0.4) is 0 Å². The van der Waals surface area contributed by atoms with Crippen molar-refractivity contribution >= 4 is 5.91 Å². The number of benzene rings is 1. The molecule has 1 N–H and O–H groups in total. The van der Waals surface area contributed by atoms with E-state index in [9.17, 15) is 4.79 Å². The van der Waals surface area contributed by atoms with E-state index >= 15 is 0 Å². The largest absolute Gasteiger partial charge is 0.378 e. The minimum atomic E-state index is 0.174. The van der Waals surface area contributed by atoms with Gasteiger partial charge in [0.05, 0.1) is 13.2 Å². The maximum absolute atomic E-state index is 12.6. The van der Waals surface area contributed by atoms with Crippen LogP contribution in [0, 0.1) is 5.92 Å². The minimum absolute atomic E-state index is 0.174. The number of carbonyl (C=O) groups excluding carboxylic acids is 1. The highest BCUT2D eigenvalue weighted by molar-refractivity contribution is 5.76. The first-order valence-electron chi connectivity index (χ1n) is 9.59. The summed E-state index contributed by atoms with van der Waals surface area (Å²) < 4.78 is 5.46. The zero-order valence-corrected chi connectivity index (χ0v) is 15.3. The Bertz CT molecular complexity index is 531. The molecule has 2 heterocycles. The summed E-state index contributed by atoms with van der Waals surface area (Å²) in [5.41, 5.74) is 1.37. The summed E-state index contributed by atoms with van der Waals surface area (Å²) >= 11 is 0. The predicted molar refractivity (Wildman–Crippen MR) is 99.3 cm³/mol. The van der Waals surface area contributed by atoms with E-state index in [2.05, 4.69) is 47.5 Å². The molecule has 5 heteroatoms. The first-order chi connectivity index (χ1) is 12.2. The van der Waals surface area contributed by atoms with Crippen LogP contribution in [0.25, 0.3) is 0 Å². The van der Waals surface area contributed by atoms with Crippen LogP contribution in [0.5, 0.6) is 0 Å². The van der Waals surface area contributed by atoms with E-state index in [1.165, 1.54) is 12.0 Å². The van der Waals surface area contributed by atoms with Crippen LogP contribution in [0.15, 0.2) is 30.3 Å². The van der Waals surface area contributed by atoms with Crippen molar-refractivity contribution in [1.82, 2.24) is 15.1 Å². The fourth-order valence-electron chi connectivity index (χ4n) is 3.86. The molecule has 2 fully saturated rings. The van der Waals surface area contributed by atoms with Crippen molar-refractivity contribution in [3.05, 3.63) is 35.9 Å². The van der Waals surface area contributed by atoms with Crippen LogP contribution in [0.4, 0.5) is 0 Å². The van der Waals surface area contributed by atoms with Gasteiger partial charge in [0.15, 0.2) is 0 Å². The second kappa shape index (κ2) is 9.32. The molecule has 0 radical (unpaired) electrons. The van der Waals surface area contributed by atoms with Gasteiger partial charge in [-0.25, -0.2) is 0 Å². The van der Waals surface area contributed by atoms with Crippen molar-refractivity contribution in [3.8, 4) is 0 Å². The molecule has 1 aromatic carbocycles. The van der Waals surface area contributed by atoms with Crippen LogP contribution in [0.1, 0.15) is 25.3 Å². The monoisotopic (exact) mass is 345 g/mol. The summed E-state index contributed by atoms with van der Waals surface area (Å²) in [7, 11) is 0. The number of ether oxygens (including phenoxy) is 1. The third-order valence-electron chi connectivity index (χ3n) is 5.25. The molecular weight excluding hydrogens is 314 g/mol. The second-order valence-corrected chi connectivity index (χ2v) is 7.24. The zero-order chi connectivity index (χ0) is 17.5. The van der Waals surface area contributed by atoms with E-state index in [1.807, 2.05) is 4.90 Å². The highest BCUT2D eigenvalue weighted by atomic mass is 16.5. The van der Waals surface area contributed by atoms with Gasteiger partial charge in [0.25, 0.3) is 0 Å². The summed E-state index contributed by atoms with van der Waals surface area (Å²) in [6, 6.07) is 10.8. The molecule has 2 atom stereocenters. The lowest BCUT2D eigenvalue weighted by atomic mass is 10.1. The molecule has 0 saturated carbocycles. The number of hydrogen-bond donors (Lipinski definition) is 1. The van der Waals surface area contributed by atoms with Crippen molar-refractivity contribution in [3.63, 3.8) is 0 Å². The lowest BCUT2D eigenvalue weighted by Crippen LogP contribution is -2.46. The average Bonchev–Trinajstić information content (AvgIpc) is 3.08. The number of morpholine rings is 1. The Morgan fingerprint density at radius 3 is 2.92 bits per heavy atom. The number of nitrogens with zero attached hydrogens (tertiary/aromatic N) is 2. The van der Waals surface area contributed by atoms with Crippen LogP contribution < -0.4 is 5.32 Å². The van der Waals surface area contributed by atoms with Crippen LogP contribution >= 0.6 is 0 Å². The van der Waals surface area contributed by atoms with Gasteiger partial charge in [0.1, 0.15) is 0 Å². The minimum Gasteiger partial charge on any atom is -0.378 e. The fraction of sp³-hybridized carbons (Fsp3) is 0.650. The SMILES string of the molecule is CCN(CC1CCN(Cc2ccccc2)C1)C(=O)CC1COCCN1. The standard InChI is InChI=1S/C20H31N3O2/c1-2-23(20(24)12-19-16-25-11-9-21-19)15-18-8-10-22(14-18)13-17-6-4-3-5-7-17/h3-7,18-19,21H,2,8-16H2,1H3. The third-order valence-corrected chi connectivity index (χ3v) is 5.25. The topological polar surface area (TPSA) is 44.8 Å². The number of hydrogen-bond acceptors (Lipinski definition) is 4. The average molecular weight is 345 g/mol. The first-order valence-corrected chi connectivity index (χ1v) is 9.59. The van der Waals surface area contributed by atoms with Crippen molar-refractivity contribution < 1.29 is 9.53 Å². The molecule has 2 saturated heterocycles. The summed E-state index contributed by atoms with van der Waals surface area (Å²) in [6.07, 6.45) is 1.73. The van der Waals surface area contributed by atoms with E-state index < -0.39 is 0 Å². The Labute approximate surface area is 151 Å². The van der Waals surface area contributed by atoms with Gasteiger partial charge in [-0.3, -0.25) is 9.69 Å². The molecule has 1 aromatic rings. The normalized spacial score (nSPS) is 24.4. The van der Waals surface area contributed by atoms with Gasteiger partial charge < -0.3 is 15.0 Å². The molecule has 5 nitrogen and oxygen atoms in total. The van der Waals surface area contributed by atoms with Crippen LogP contribution in [-0.4, -0.2) is 67.7 Å². The zero-order valence-electron chi connectivity index (χ0n) is 15.3. The molecule has 1 amide bonds. The van der Waals surface area contributed by atoms with E-state index in [-0.39, 0.29) is 11.9 Å². The summed E-state index contributed by atoms with van der Waals surface area (Å²) in [5, 5.41) is 3.38. The van der Waals surface area contributed by atoms with Gasteiger partial charge in [-0.15, -0.1) is 0 Å². The Balaban J connectivity index is 1.44. The predicted octanol–water partition coefficient (Wildman–Crippen LogP) is 1.74. The first kappa shape index (κ1) is 18.4. The van der Waals surface area contributed by atoms with Gasteiger partial charge in [0, 0.05) is 45.2 Å². The molecule has 0 aliphatic carbocycles. The third kappa shape index (κ3) is 5.53. The quantitative estimate of drug-likeness (QED) is 0.818. The van der Waals surface area contributed by atoms with Crippen molar-refractivity contribution in [2.45, 2.75) is 32.4 Å². The molecular formula is C20H31N3O2. The van der Waals surface area contributed by atoms with E-state index in [1.54, 1.807) is 0 Å². The van der Waals surface area contributed by atoms with Crippen molar-refractivity contribution in [2.24, 2.45) is 5.92 Å². The van der Waals surface area contributed by atoms with Crippen molar-refractivity contribution in [2.75, 3.05) is 45.9 Å². The van der Waals surface area contributed by atoms with Gasteiger partial charge in [-0.05, 0) is 31.4 Å². The fourth-order valence-corrected chi connectivity index (χ4v) is 3.86. The lowest BCUT2D eigenvalue weighted by molar-refractivity contribution is -0.132. The summed E-state index contributed by atoms with van der Waals surface area (Å²) in [4.78, 5) is 17.2. The molecule has 138 valence electrons. The summed E-state index contributed by atoms with van der Waals surface area (Å²) in [6.45, 7) is 9.24. The van der Waals surface area contributed by atoms with E-state index in [0.717, 1.165) is 45.9 Å². The highest BCUT2D eigenvalue weighted by Crippen LogP contribution is 2.20. The second-order valence-electron chi connectivity index (χ2n) is 7.24. The number of nitrogens with one attached hydrogen (secondary N) is 1. The van der Waals surface area contributed by atoms with Gasteiger partial charge in [-0.1, -0.05) is 30.3 Å². The maximum atomic E-state index is 12.6. The molecule has 2 unspecified atom stereocenters. The van der Waals surface area contributed by atoms with Crippen LogP contribution in [-0.2, 0) is 16.1 Å². The molecule has 2 aliphatic rings. The van der Waals surface area contributed by atoms with Gasteiger partial charge in [-0.2, -0.15) is 0 Å². The molecule has 0 aromatic heterocycles. The highest BCUT2D eigenvalue weighted by Gasteiger charge is 2.27. The number of likely N-dealkylation sites (tertiary alicyclic amines) is 1. The van der Waals surface area contributed by atoms with E-state index in [4.69, 9.17) is 4.74 Å². The smallest absolute Gasteiger partial charge is 0.224 e. The lowest BCUT2D eigenvalue weighted by Gasteiger charge is -2.28. The van der Waals surface area contributed by atoms with Crippen molar-refractivity contribution in [1.29, 1.82) is 0 Å². The maximum Gasteiger partial charge on any atom is 0.224 e. The van der Waals surface area contributed by atoms with E-state index in [0.29, 0.717) is 18.9 Å². The molecule has 25 heavy (non-hydrogen) atoms. The number of carbonyl (C=O) groups is 1. The Morgan fingerprint density at radius 2 is 2.20 bits per heavy atom. The molecule has 2 aliphatic heterocycles. The molecule has 3 rings (SSSR count). The van der Waals surface area contributed by atoms with Gasteiger partial charge in [0.2, 0.25) is 5.91 Å². The Kier molecular flexibility index (Phi) is 6.84. The number of amides is 1. The molecule has 0 bridgehead atoms.